The number of rotatable bonds is 5. The van der Waals surface area contributed by atoms with Crippen LogP contribution in [0.3, 0.4) is 0 Å². The Morgan fingerprint density at radius 2 is 2.32 bits per heavy atom. The quantitative estimate of drug-likeness (QED) is 0.709. The molecule has 1 fully saturated rings. The minimum Gasteiger partial charge on any atom is -0.392 e. The molecule has 1 aliphatic heterocycles. The molecule has 1 aromatic carbocycles. The summed E-state index contributed by atoms with van der Waals surface area (Å²) < 4.78 is 5.08. The third kappa shape index (κ3) is 4.02. The summed E-state index contributed by atoms with van der Waals surface area (Å²) in [5.41, 5.74) is 2.13. The number of nitrogens with one attached hydrogen (secondary N) is 2. The zero-order valence-electron chi connectivity index (χ0n) is 11.1. The third-order valence-corrected chi connectivity index (χ3v) is 3.19. The zero-order valence-corrected chi connectivity index (χ0v) is 11.1. The molecule has 104 valence electrons. The Bertz CT molecular complexity index is 436. The summed E-state index contributed by atoms with van der Waals surface area (Å²) in [6.07, 6.45) is 0.0658. The Labute approximate surface area is 113 Å². The fourth-order valence-electron chi connectivity index (χ4n) is 2.23. The molecule has 1 saturated heterocycles. The van der Waals surface area contributed by atoms with Crippen LogP contribution in [0.1, 0.15) is 17.5 Å². The fraction of sp³-hybridized carbons (Fsp3) is 0.500. The van der Waals surface area contributed by atoms with E-state index in [9.17, 15) is 9.90 Å². The van der Waals surface area contributed by atoms with Gasteiger partial charge in [0.1, 0.15) is 0 Å². The van der Waals surface area contributed by atoms with Crippen molar-refractivity contribution in [1.29, 1.82) is 0 Å². The summed E-state index contributed by atoms with van der Waals surface area (Å²) in [6.45, 7) is 1.55. The van der Waals surface area contributed by atoms with E-state index < -0.39 is 6.10 Å². The van der Waals surface area contributed by atoms with Gasteiger partial charge in [-0.15, -0.1) is 0 Å². The number of aliphatic hydroxyl groups excluding tert-OH is 1. The van der Waals surface area contributed by atoms with E-state index in [0.29, 0.717) is 26.1 Å². The van der Waals surface area contributed by atoms with Gasteiger partial charge in [0.25, 0.3) is 0 Å². The van der Waals surface area contributed by atoms with Crippen molar-refractivity contribution in [3.8, 4) is 0 Å². The summed E-state index contributed by atoms with van der Waals surface area (Å²) >= 11 is 0. The summed E-state index contributed by atoms with van der Waals surface area (Å²) in [4.78, 5) is 11.9. The first-order chi connectivity index (χ1) is 9.19. The van der Waals surface area contributed by atoms with Crippen molar-refractivity contribution in [3.05, 3.63) is 35.4 Å². The van der Waals surface area contributed by atoms with Crippen LogP contribution in [0.2, 0.25) is 0 Å². The number of aliphatic hydroxyl groups is 1. The second kappa shape index (κ2) is 6.65. The smallest absolute Gasteiger partial charge is 0.237 e. The maximum Gasteiger partial charge on any atom is 0.237 e. The Kier molecular flexibility index (Phi) is 4.90. The van der Waals surface area contributed by atoms with Crippen molar-refractivity contribution >= 4 is 5.91 Å². The van der Waals surface area contributed by atoms with Crippen LogP contribution in [0.15, 0.2) is 24.3 Å². The lowest BCUT2D eigenvalue weighted by Crippen LogP contribution is -2.40. The number of carbonyl (C=O) groups is 1. The SMILES string of the molecule is COCc1cccc(CNC(=O)[C@@H]2C[C@@H](O)CN2)c1. The molecule has 0 spiro atoms. The number of hydrogen-bond acceptors (Lipinski definition) is 4. The van der Waals surface area contributed by atoms with Crippen molar-refractivity contribution < 1.29 is 14.6 Å². The van der Waals surface area contributed by atoms with Crippen molar-refractivity contribution in [2.75, 3.05) is 13.7 Å². The molecule has 0 unspecified atom stereocenters. The van der Waals surface area contributed by atoms with Crippen LogP contribution in [0.4, 0.5) is 0 Å². The molecule has 3 N–H and O–H groups in total. The van der Waals surface area contributed by atoms with Gasteiger partial charge in [0, 0.05) is 20.2 Å². The minimum absolute atomic E-state index is 0.0614. The first-order valence-electron chi connectivity index (χ1n) is 6.45. The highest BCUT2D eigenvalue weighted by Crippen LogP contribution is 2.08. The number of methoxy groups -OCH3 is 1. The highest BCUT2D eigenvalue weighted by atomic mass is 16.5. The van der Waals surface area contributed by atoms with Crippen molar-refractivity contribution in [2.45, 2.75) is 31.7 Å². The lowest BCUT2D eigenvalue weighted by molar-refractivity contribution is -0.123. The van der Waals surface area contributed by atoms with Crippen molar-refractivity contribution in [1.82, 2.24) is 10.6 Å². The Hall–Kier alpha value is -1.43. The largest absolute Gasteiger partial charge is 0.392 e. The summed E-state index contributed by atoms with van der Waals surface area (Å²) in [5, 5.41) is 15.2. The molecule has 1 aliphatic rings. The van der Waals surface area contributed by atoms with Crippen LogP contribution in [0.25, 0.3) is 0 Å². The van der Waals surface area contributed by atoms with Gasteiger partial charge >= 0.3 is 0 Å². The maximum atomic E-state index is 11.9. The van der Waals surface area contributed by atoms with Gasteiger partial charge in [0.15, 0.2) is 0 Å². The molecule has 2 atom stereocenters. The highest BCUT2D eigenvalue weighted by molar-refractivity contribution is 5.82. The van der Waals surface area contributed by atoms with Gasteiger partial charge in [0.05, 0.1) is 18.8 Å². The highest BCUT2D eigenvalue weighted by Gasteiger charge is 2.27. The molecule has 1 amide bonds. The van der Waals surface area contributed by atoms with Gasteiger partial charge in [-0.1, -0.05) is 24.3 Å². The minimum atomic E-state index is -0.416. The number of benzene rings is 1. The molecule has 0 radical (unpaired) electrons. The Morgan fingerprint density at radius 1 is 1.53 bits per heavy atom. The molecule has 0 bridgehead atoms. The van der Waals surface area contributed by atoms with Gasteiger partial charge in [-0.05, 0) is 17.5 Å². The summed E-state index contributed by atoms with van der Waals surface area (Å²) in [7, 11) is 1.66. The van der Waals surface area contributed by atoms with Crippen LogP contribution < -0.4 is 10.6 Å². The molecular weight excluding hydrogens is 244 g/mol. The van der Waals surface area contributed by atoms with E-state index in [2.05, 4.69) is 10.6 Å². The topological polar surface area (TPSA) is 70.6 Å². The average molecular weight is 264 g/mol. The number of β-amino-alcohol motifs (C(OH)–C–C–N with tert-alkyl or cyclic N) is 1. The van der Waals surface area contributed by atoms with E-state index in [1.165, 1.54) is 0 Å². The summed E-state index contributed by atoms with van der Waals surface area (Å²) in [6, 6.07) is 7.64. The number of amides is 1. The first kappa shape index (κ1) is 14.0. The standard InChI is InChI=1S/C14H20N2O3/c1-19-9-11-4-2-3-10(5-11)7-16-14(18)13-6-12(17)8-15-13/h2-5,12-13,15,17H,6-9H2,1H3,(H,16,18)/t12-,13+/m1/s1. The van der Waals surface area contributed by atoms with Crippen LogP contribution in [0, 0.1) is 0 Å². The molecule has 5 nitrogen and oxygen atoms in total. The lowest BCUT2D eigenvalue weighted by Gasteiger charge is -2.11. The van der Waals surface area contributed by atoms with Crippen LogP contribution in [-0.4, -0.2) is 36.8 Å². The van der Waals surface area contributed by atoms with Gasteiger partial charge in [0.2, 0.25) is 5.91 Å². The van der Waals surface area contributed by atoms with Gasteiger partial charge in [-0.25, -0.2) is 0 Å². The predicted molar refractivity (Wildman–Crippen MR) is 71.4 cm³/mol. The lowest BCUT2D eigenvalue weighted by atomic mass is 10.1. The Morgan fingerprint density at radius 3 is 3.00 bits per heavy atom. The number of hydrogen-bond donors (Lipinski definition) is 3. The van der Waals surface area contributed by atoms with E-state index >= 15 is 0 Å². The molecular formula is C14H20N2O3. The first-order valence-corrected chi connectivity index (χ1v) is 6.45. The van der Waals surface area contributed by atoms with Crippen LogP contribution >= 0.6 is 0 Å². The molecule has 1 heterocycles. The maximum absolute atomic E-state index is 11.9. The second-order valence-corrected chi connectivity index (χ2v) is 4.82. The van der Waals surface area contributed by atoms with Crippen molar-refractivity contribution in [2.24, 2.45) is 0 Å². The summed E-state index contributed by atoms with van der Waals surface area (Å²) in [5.74, 6) is -0.0614. The monoisotopic (exact) mass is 264 g/mol. The van der Waals surface area contributed by atoms with Crippen molar-refractivity contribution in [3.63, 3.8) is 0 Å². The van der Waals surface area contributed by atoms with Gasteiger partial charge < -0.3 is 20.5 Å². The van der Waals surface area contributed by atoms with E-state index in [1.807, 2.05) is 24.3 Å². The molecule has 19 heavy (non-hydrogen) atoms. The van der Waals surface area contributed by atoms with Crippen LogP contribution in [-0.2, 0) is 22.7 Å². The number of ether oxygens (including phenoxy) is 1. The zero-order chi connectivity index (χ0) is 13.7. The molecule has 2 rings (SSSR count). The van der Waals surface area contributed by atoms with Gasteiger partial charge in [-0.2, -0.15) is 0 Å². The van der Waals surface area contributed by atoms with E-state index in [0.717, 1.165) is 11.1 Å². The van der Waals surface area contributed by atoms with E-state index in [4.69, 9.17) is 4.74 Å². The molecule has 0 aliphatic carbocycles. The van der Waals surface area contributed by atoms with E-state index in [-0.39, 0.29) is 11.9 Å². The molecule has 5 heteroatoms. The average Bonchev–Trinajstić information content (AvgIpc) is 2.84. The van der Waals surface area contributed by atoms with Gasteiger partial charge in [-0.3, -0.25) is 4.79 Å². The fourth-order valence-corrected chi connectivity index (χ4v) is 2.23. The van der Waals surface area contributed by atoms with Crippen LogP contribution in [0.5, 0.6) is 0 Å². The number of carbonyl (C=O) groups excluding carboxylic acids is 1. The Balaban J connectivity index is 1.84. The van der Waals surface area contributed by atoms with E-state index in [1.54, 1.807) is 7.11 Å². The molecule has 0 aromatic heterocycles. The predicted octanol–water partition coefficient (Wildman–Crippen LogP) is 0.172. The second-order valence-electron chi connectivity index (χ2n) is 4.82. The molecule has 1 aromatic rings. The molecule has 0 saturated carbocycles. The normalized spacial score (nSPS) is 22.4. The third-order valence-electron chi connectivity index (χ3n) is 3.19.